The fourth-order valence-corrected chi connectivity index (χ4v) is 2.41. The second-order valence-electron chi connectivity index (χ2n) is 5.37. The minimum absolute atomic E-state index is 0.219. The number of halogens is 1. The first-order valence-corrected chi connectivity index (χ1v) is 7.94. The lowest BCUT2D eigenvalue weighted by Crippen LogP contribution is -2.26. The van der Waals surface area contributed by atoms with Crippen LogP contribution in [0.4, 0.5) is 0 Å². The van der Waals surface area contributed by atoms with Crippen LogP contribution in [0.3, 0.4) is 0 Å². The van der Waals surface area contributed by atoms with Gasteiger partial charge in [-0.15, -0.1) is 0 Å². The van der Waals surface area contributed by atoms with Gasteiger partial charge in [0, 0.05) is 10.6 Å². The van der Waals surface area contributed by atoms with Crippen molar-refractivity contribution in [3.8, 4) is 11.5 Å². The maximum Gasteiger partial charge on any atom is 0.255 e. The Morgan fingerprint density at radius 3 is 2.60 bits per heavy atom. The minimum Gasteiger partial charge on any atom is -0.493 e. The Labute approximate surface area is 150 Å². The molecule has 1 atom stereocenters. The molecule has 0 unspecified atom stereocenters. The van der Waals surface area contributed by atoms with E-state index in [2.05, 4.69) is 5.32 Å². The molecule has 0 saturated heterocycles. The number of carbonyl (C=O) groups excluding carboxylic acids is 2. The summed E-state index contributed by atoms with van der Waals surface area (Å²) in [5, 5.41) is 3.50. The van der Waals surface area contributed by atoms with Gasteiger partial charge in [-0.3, -0.25) is 9.59 Å². The minimum atomic E-state index is -0.598. The molecule has 2 amide bonds. The Hall–Kier alpha value is -2.73. The van der Waals surface area contributed by atoms with E-state index in [1.807, 2.05) is 19.1 Å². The number of ether oxygens (including phenoxy) is 2. The number of hydrogen-bond donors (Lipinski definition) is 2. The molecule has 0 aromatic heterocycles. The van der Waals surface area contributed by atoms with Crippen molar-refractivity contribution in [1.82, 2.24) is 5.32 Å². The van der Waals surface area contributed by atoms with E-state index in [0.717, 1.165) is 5.56 Å². The molecule has 2 rings (SSSR count). The summed E-state index contributed by atoms with van der Waals surface area (Å²) in [6.45, 7) is 1.60. The summed E-state index contributed by atoms with van der Waals surface area (Å²) in [7, 11) is 1.45. The monoisotopic (exact) mass is 362 g/mol. The molecular formula is C18H19ClN2O4. The molecule has 0 aliphatic heterocycles. The van der Waals surface area contributed by atoms with Gasteiger partial charge >= 0.3 is 0 Å². The van der Waals surface area contributed by atoms with Crippen LogP contribution in [0.1, 0.15) is 28.9 Å². The summed E-state index contributed by atoms with van der Waals surface area (Å²) in [6, 6.07) is 11.7. The summed E-state index contributed by atoms with van der Waals surface area (Å²) in [4.78, 5) is 23.3. The number of nitrogens with one attached hydrogen (secondary N) is 1. The summed E-state index contributed by atoms with van der Waals surface area (Å²) in [6.07, 6.45) is 0. The van der Waals surface area contributed by atoms with Crippen molar-refractivity contribution in [2.45, 2.75) is 13.0 Å². The topological polar surface area (TPSA) is 90.7 Å². The molecule has 0 aliphatic carbocycles. The van der Waals surface area contributed by atoms with Crippen LogP contribution in [0, 0.1) is 0 Å². The van der Waals surface area contributed by atoms with Crippen LogP contribution >= 0.6 is 11.6 Å². The van der Waals surface area contributed by atoms with E-state index in [9.17, 15) is 9.59 Å². The highest BCUT2D eigenvalue weighted by Gasteiger charge is 2.15. The standard InChI is InChI=1S/C18H19ClN2O4/c1-11(12-4-3-5-14(19)8-12)21-18(23)13-6-7-15(16(9-13)24-2)25-10-17(20)22/h3-9,11H,10H2,1-2H3,(H2,20,22)(H,21,23)/t11-/m0/s1. The van der Waals surface area contributed by atoms with Gasteiger partial charge in [0.15, 0.2) is 18.1 Å². The second kappa shape index (κ2) is 8.39. The average molecular weight is 363 g/mol. The third-order valence-corrected chi connectivity index (χ3v) is 3.73. The zero-order chi connectivity index (χ0) is 18.4. The van der Waals surface area contributed by atoms with Gasteiger partial charge in [0.25, 0.3) is 11.8 Å². The average Bonchev–Trinajstić information content (AvgIpc) is 2.59. The molecule has 2 aromatic rings. The maximum atomic E-state index is 12.4. The smallest absolute Gasteiger partial charge is 0.255 e. The summed E-state index contributed by atoms with van der Waals surface area (Å²) >= 11 is 5.98. The summed E-state index contributed by atoms with van der Waals surface area (Å²) < 4.78 is 10.4. The molecule has 7 heteroatoms. The third-order valence-electron chi connectivity index (χ3n) is 3.49. The molecule has 6 nitrogen and oxygen atoms in total. The van der Waals surface area contributed by atoms with Gasteiger partial charge < -0.3 is 20.5 Å². The highest BCUT2D eigenvalue weighted by molar-refractivity contribution is 6.30. The van der Waals surface area contributed by atoms with Gasteiger partial charge in [0.05, 0.1) is 13.2 Å². The molecule has 3 N–H and O–H groups in total. The first-order chi connectivity index (χ1) is 11.9. The van der Waals surface area contributed by atoms with Gasteiger partial charge in [0.1, 0.15) is 0 Å². The largest absolute Gasteiger partial charge is 0.493 e. The van der Waals surface area contributed by atoms with Crippen molar-refractivity contribution in [2.75, 3.05) is 13.7 Å². The zero-order valence-electron chi connectivity index (χ0n) is 13.9. The normalized spacial score (nSPS) is 11.5. The number of methoxy groups -OCH3 is 1. The van der Waals surface area contributed by atoms with Crippen molar-refractivity contribution >= 4 is 23.4 Å². The molecular weight excluding hydrogens is 344 g/mol. The first-order valence-electron chi connectivity index (χ1n) is 7.56. The van der Waals surface area contributed by atoms with Crippen LogP contribution < -0.4 is 20.5 Å². The lowest BCUT2D eigenvalue weighted by Gasteiger charge is -2.16. The highest BCUT2D eigenvalue weighted by Crippen LogP contribution is 2.28. The highest BCUT2D eigenvalue weighted by atomic mass is 35.5. The van der Waals surface area contributed by atoms with Gasteiger partial charge in [-0.2, -0.15) is 0 Å². The molecule has 0 aliphatic rings. The van der Waals surface area contributed by atoms with Crippen molar-refractivity contribution in [2.24, 2.45) is 5.73 Å². The number of benzene rings is 2. The fraction of sp³-hybridized carbons (Fsp3) is 0.222. The van der Waals surface area contributed by atoms with Crippen LogP contribution in [0.2, 0.25) is 5.02 Å². The molecule has 2 aromatic carbocycles. The number of nitrogens with two attached hydrogens (primary N) is 1. The van der Waals surface area contributed by atoms with E-state index >= 15 is 0 Å². The van der Waals surface area contributed by atoms with E-state index in [1.165, 1.54) is 13.2 Å². The Balaban J connectivity index is 2.12. The van der Waals surface area contributed by atoms with Crippen LogP contribution in [-0.4, -0.2) is 25.5 Å². The van der Waals surface area contributed by atoms with Crippen LogP contribution in [-0.2, 0) is 4.79 Å². The molecule has 0 bridgehead atoms. The van der Waals surface area contributed by atoms with Gasteiger partial charge in [0.2, 0.25) is 0 Å². The van der Waals surface area contributed by atoms with Gasteiger partial charge in [-0.05, 0) is 42.8 Å². The Kier molecular flexibility index (Phi) is 6.25. The maximum absolute atomic E-state index is 12.4. The van der Waals surface area contributed by atoms with Crippen molar-refractivity contribution in [3.05, 3.63) is 58.6 Å². The summed E-state index contributed by atoms with van der Waals surface area (Å²) in [5.41, 5.74) is 6.35. The lowest BCUT2D eigenvalue weighted by molar-refractivity contribution is -0.119. The lowest BCUT2D eigenvalue weighted by atomic mass is 10.1. The SMILES string of the molecule is COc1cc(C(=O)N[C@@H](C)c2cccc(Cl)c2)ccc1OCC(N)=O. The Bertz CT molecular complexity index is 779. The molecule has 0 heterocycles. The van der Waals surface area contributed by atoms with Crippen molar-refractivity contribution < 1.29 is 19.1 Å². The van der Waals surface area contributed by atoms with E-state index in [0.29, 0.717) is 22.1 Å². The van der Waals surface area contributed by atoms with E-state index in [4.69, 9.17) is 26.8 Å². The predicted octanol–water partition coefficient (Wildman–Crippen LogP) is 2.70. The number of amides is 2. The summed E-state index contributed by atoms with van der Waals surface area (Å²) in [5.74, 6) is -0.198. The van der Waals surface area contributed by atoms with Crippen LogP contribution in [0.25, 0.3) is 0 Å². The Morgan fingerprint density at radius 2 is 1.96 bits per heavy atom. The molecule has 0 fully saturated rings. The molecule has 0 spiro atoms. The molecule has 132 valence electrons. The van der Waals surface area contributed by atoms with Gasteiger partial charge in [-0.25, -0.2) is 0 Å². The van der Waals surface area contributed by atoms with Crippen molar-refractivity contribution in [1.29, 1.82) is 0 Å². The van der Waals surface area contributed by atoms with E-state index in [-0.39, 0.29) is 18.6 Å². The van der Waals surface area contributed by atoms with Gasteiger partial charge in [-0.1, -0.05) is 23.7 Å². The van der Waals surface area contributed by atoms with Crippen molar-refractivity contribution in [3.63, 3.8) is 0 Å². The molecule has 0 radical (unpaired) electrons. The number of primary amides is 1. The zero-order valence-corrected chi connectivity index (χ0v) is 14.7. The third kappa shape index (κ3) is 5.12. The first kappa shape index (κ1) is 18.6. The van der Waals surface area contributed by atoms with Crippen LogP contribution in [0.5, 0.6) is 11.5 Å². The fourth-order valence-electron chi connectivity index (χ4n) is 2.22. The molecule has 0 saturated carbocycles. The van der Waals surface area contributed by atoms with E-state index < -0.39 is 5.91 Å². The Morgan fingerprint density at radius 1 is 1.20 bits per heavy atom. The quantitative estimate of drug-likeness (QED) is 0.792. The molecule has 25 heavy (non-hydrogen) atoms. The predicted molar refractivity (Wildman–Crippen MR) is 95.0 cm³/mol. The number of rotatable bonds is 7. The van der Waals surface area contributed by atoms with Crippen LogP contribution in [0.15, 0.2) is 42.5 Å². The number of carbonyl (C=O) groups is 2. The van der Waals surface area contributed by atoms with E-state index in [1.54, 1.807) is 24.3 Å². The second-order valence-corrected chi connectivity index (χ2v) is 5.81. The number of hydrogen-bond acceptors (Lipinski definition) is 4.